The van der Waals surface area contributed by atoms with E-state index in [-0.39, 0.29) is 46.7 Å². The highest BCUT2D eigenvalue weighted by Gasteiger charge is 2.52. The van der Waals surface area contributed by atoms with Gasteiger partial charge in [0.2, 0.25) is 5.91 Å². The smallest absolute Gasteiger partial charge is 0.352 e. The standard InChI is InChI=1S/C29H30F6N4O/c1-18-7-8-19(22(15-18)29(33,34)35)17-36-23(40)16-26-9-12-27(13-10-26,14-11-26)25-38-37-24(39(25)2)20-5-3-4-6-21(20)28(30,31)32/h3-8,15H,9-14,16-17H2,1-2H3,(H,36,40). The van der Waals surface area contributed by atoms with Crippen molar-refractivity contribution in [3.05, 3.63) is 70.5 Å². The summed E-state index contributed by atoms with van der Waals surface area (Å²) in [6, 6.07) is 9.39. The van der Waals surface area contributed by atoms with Gasteiger partial charge in [0.05, 0.1) is 11.1 Å². The first-order valence-corrected chi connectivity index (χ1v) is 13.2. The molecule has 6 rings (SSSR count). The largest absolute Gasteiger partial charge is 0.417 e. The predicted octanol–water partition coefficient (Wildman–Crippen LogP) is 7.13. The molecule has 1 heterocycles. The van der Waals surface area contributed by atoms with Crippen LogP contribution in [0.4, 0.5) is 26.3 Å². The molecule has 3 aliphatic rings. The highest BCUT2D eigenvalue weighted by atomic mass is 19.4. The normalized spacial score (nSPS) is 22.9. The monoisotopic (exact) mass is 564 g/mol. The number of alkyl halides is 6. The molecule has 0 spiro atoms. The van der Waals surface area contributed by atoms with Gasteiger partial charge >= 0.3 is 12.4 Å². The molecule has 5 nitrogen and oxygen atoms in total. The summed E-state index contributed by atoms with van der Waals surface area (Å²) in [5, 5.41) is 11.2. The zero-order valence-electron chi connectivity index (χ0n) is 22.2. The van der Waals surface area contributed by atoms with Gasteiger partial charge in [0.15, 0.2) is 5.82 Å². The van der Waals surface area contributed by atoms with Crippen LogP contribution in [-0.2, 0) is 36.2 Å². The average Bonchev–Trinajstić information content (AvgIpc) is 3.29. The Morgan fingerprint density at radius 1 is 0.900 bits per heavy atom. The zero-order valence-corrected chi connectivity index (χ0v) is 22.2. The molecule has 2 aromatic carbocycles. The van der Waals surface area contributed by atoms with Crippen LogP contribution in [-0.4, -0.2) is 20.7 Å². The second kappa shape index (κ2) is 9.92. The van der Waals surface area contributed by atoms with Crippen molar-refractivity contribution < 1.29 is 31.1 Å². The quantitative estimate of drug-likeness (QED) is 0.324. The number of carbonyl (C=O) groups is 1. The van der Waals surface area contributed by atoms with Crippen LogP contribution >= 0.6 is 0 Å². The maximum Gasteiger partial charge on any atom is 0.417 e. The van der Waals surface area contributed by atoms with Crippen LogP contribution in [0.15, 0.2) is 42.5 Å². The molecular weight excluding hydrogens is 534 g/mol. The van der Waals surface area contributed by atoms with Gasteiger partial charge in [-0.2, -0.15) is 26.3 Å². The summed E-state index contributed by atoms with van der Waals surface area (Å²) >= 11 is 0. The maximum atomic E-state index is 13.6. The fourth-order valence-corrected chi connectivity index (χ4v) is 6.52. The summed E-state index contributed by atoms with van der Waals surface area (Å²) in [4.78, 5) is 12.9. The predicted molar refractivity (Wildman–Crippen MR) is 136 cm³/mol. The number of rotatable bonds is 6. The summed E-state index contributed by atoms with van der Waals surface area (Å²) in [5.74, 6) is 0.525. The lowest BCUT2D eigenvalue weighted by molar-refractivity contribution is -0.139. The Bertz CT molecular complexity index is 1400. The minimum absolute atomic E-state index is 0.0208. The molecular formula is C29H30F6N4O. The van der Waals surface area contributed by atoms with Crippen LogP contribution in [0.2, 0.25) is 0 Å². The van der Waals surface area contributed by atoms with Gasteiger partial charge in [0, 0.05) is 31.0 Å². The molecule has 0 unspecified atom stereocenters. The van der Waals surface area contributed by atoms with E-state index in [0.29, 0.717) is 30.7 Å². The highest BCUT2D eigenvalue weighted by Crippen LogP contribution is 2.59. The first kappa shape index (κ1) is 28.2. The van der Waals surface area contributed by atoms with Gasteiger partial charge in [-0.25, -0.2) is 0 Å². The van der Waals surface area contributed by atoms with E-state index in [1.54, 1.807) is 30.7 Å². The van der Waals surface area contributed by atoms with E-state index in [2.05, 4.69) is 15.5 Å². The molecule has 1 amide bonds. The number of aromatic nitrogens is 3. The van der Waals surface area contributed by atoms with E-state index < -0.39 is 23.5 Å². The van der Waals surface area contributed by atoms with Crippen molar-refractivity contribution in [2.24, 2.45) is 12.5 Å². The van der Waals surface area contributed by atoms with Crippen molar-refractivity contribution in [1.29, 1.82) is 0 Å². The Balaban J connectivity index is 1.27. The number of carbonyl (C=O) groups excluding carboxylic acids is 1. The van der Waals surface area contributed by atoms with Gasteiger partial charge < -0.3 is 9.88 Å². The summed E-state index contributed by atoms with van der Waals surface area (Å²) < 4.78 is 82.9. The molecule has 11 heteroatoms. The molecule has 0 radical (unpaired) electrons. The van der Waals surface area contributed by atoms with Crippen molar-refractivity contribution in [2.45, 2.75) is 76.2 Å². The zero-order chi connectivity index (χ0) is 28.9. The van der Waals surface area contributed by atoms with Crippen molar-refractivity contribution in [1.82, 2.24) is 20.1 Å². The van der Waals surface area contributed by atoms with Gasteiger partial charge in [-0.05, 0) is 68.6 Å². The lowest BCUT2D eigenvalue weighted by Gasteiger charge is -2.52. The van der Waals surface area contributed by atoms with Crippen LogP contribution < -0.4 is 5.32 Å². The van der Waals surface area contributed by atoms with Crippen LogP contribution in [0.3, 0.4) is 0 Å². The summed E-state index contributed by atoms with van der Waals surface area (Å²) in [7, 11) is 1.69. The number of aryl methyl sites for hydroxylation is 1. The van der Waals surface area contributed by atoms with Crippen molar-refractivity contribution in [3.8, 4) is 11.4 Å². The van der Waals surface area contributed by atoms with Gasteiger partial charge in [0.25, 0.3) is 0 Å². The molecule has 2 bridgehead atoms. The third-order valence-electron chi connectivity index (χ3n) is 8.81. The van der Waals surface area contributed by atoms with E-state index in [9.17, 15) is 31.1 Å². The van der Waals surface area contributed by atoms with E-state index in [1.807, 2.05) is 0 Å². The second-order valence-corrected chi connectivity index (χ2v) is 11.3. The number of nitrogens with zero attached hydrogens (tertiary/aromatic N) is 3. The first-order chi connectivity index (χ1) is 18.7. The van der Waals surface area contributed by atoms with Crippen LogP contribution in [0, 0.1) is 12.3 Å². The average molecular weight is 565 g/mol. The number of halogens is 6. The molecule has 40 heavy (non-hydrogen) atoms. The molecule has 1 aromatic heterocycles. The number of fused-ring (bicyclic) bond motifs is 3. The molecule has 3 aliphatic carbocycles. The first-order valence-electron chi connectivity index (χ1n) is 13.2. The molecule has 0 saturated heterocycles. The molecule has 3 aromatic rings. The lowest BCUT2D eigenvalue weighted by atomic mass is 9.52. The van der Waals surface area contributed by atoms with E-state index in [4.69, 9.17) is 0 Å². The van der Waals surface area contributed by atoms with Gasteiger partial charge in [0.1, 0.15) is 5.82 Å². The van der Waals surface area contributed by atoms with E-state index in [1.165, 1.54) is 18.2 Å². The Hall–Kier alpha value is -3.37. The summed E-state index contributed by atoms with van der Waals surface area (Å²) in [5.41, 5.74) is -1.60. The van der Waals surface area contributed by atoms with Crippen molar-refractivity contribution >= 4 is 5.91 Å². The molecule has 0 atom stereocenters. The van der Waals surface area contributed by atoms with Crippen LogP contribution in [0.25, 0.3) is 11.4 Å². The number of amides is 1. The lowest BCUT2D eigenvalue weighted by Crippen LogP contribution is -2.47. The summed E-state index contributed by atoms with van der Waals surface area (Å²) in [6.07, 6.45) is -4.50. The Morgan fingerprint density at radius 3 is 2.15 bits per heavy atom. The molecule has 1 N–H and O–H groups in total. The maximum absolute atomic E-state index is 13.6. The minimum atomic E-state index is -4.52. The van der Waals surface area contributed by atoms with Gasteiger partial charge in [-0.15, -0.1) is 10.2 Å². The van der Waals surface area contributed by atoms with Crippen LogP contribution in [0.1, 0.15) is 73.0 Å². The number of hydrogen-bond acceptors (Lipinski definition) is 3. The Labute approximate surface area is 228 Å². The van der Waals surface area contributed by atoms with E-state index >= 15 is 0 Å². The van der Waals surface area contributed by atoms with E-state index in [0.717, 1.165) is 31.4 Å². The number of hydrogen-bond donors (Lipinski definition) is 1. The third kappa shape index (κ3) is 5.22. The molecule has 0 aliphatic heterocycles. The number of nitrogens with one attached hydrogen (secondary N) is 1. The fraction of sp³-hybridized carbons (Fsp3) is 0.483. The van der Waals surface area contributed by atoms with Gasteiger partial charge in [-0.1, -0.05) is 35.9 Å². The second-order valence-electron chi connectivity index (χ2n) is 11.3. The minimum Gasteiger partial charge on any atom is -0.352 e. The van der Waals surface area contributed by atoms with Crippen molar-refractivity contribution in [3.63, 3.8) is 0 Å². The highest BCUT2D eigenvalue weighted by molar-refractivity contribution is 5.76. The third-order valence-corrected chi connectivity index (χ3v) is 8.81. The Kier molecular flexibility index (Phi) is 6.99. The fourth-order valence-electron chi connectivity index (χ4n) is 6.52. The topological polar surface area (TPSA) is 59.8 Å². The molecule has 3 fully saturated rings. The Morgan fingerprint density at radius 2 is 1.52 bits per heavy atom. The van der Waals surface area contributed by atoms with Gasteiger partial charge in [-0.3, -0.25) is 4.79 Å². The number of benzene rings is 2. The molecule has 3 saturated carbocycles. The summed E-state index contributed by atoms with van der Waals surface area (Å²) in [6.45, 7) is 1.39. The van der Waals surface area contributed by atoms with Crippen molar-refractivity contribution in [2.75, 3.05) is 0 Å². The SMILES string of the molecule is Cc1ccc(CNC(=O)CC23CCC(c4nnc(-c5ccccc5C(F)(F)F)n4C)(CC2)CC3)c(C(F)(F)F)c1. The molecule has 214 valence electrons. The van der Waals surface area contributed by atoms with Crippen LogP contribution in [0.5, 0.6) is 0 Å².